The second-order valence-electron chi connectivity index (χ2n) is 4.90. The van der Waals surface area contributed by atoms with E-state index in [-0.39, 0.29) is 6.04 Å². The third-order valence-corrected chi connectivity index (χ3v) is 4.20. The summed E-state index contributed by atoms with van der Waals surface area (Å²) in [5.41, 5.74) is 0.979. The van der Waals surface area contributed by atoms with Crippen molar-refractivity contribution in [1.29, 1.82) is 0 Å². The third-order valence-electron chi connectivity index (χ3n) is 3.41. The maximum absolute atomic E-state index is 6.22. The van der Waals surface area contributed by atoms with E-state index in [4.69, 9.17) is 32.7 Å². The number of nitrogens with zero attached hydrogens (tertiary/aromatic N) is 2. The highest BCUT2D eigenvalue weighted by Crippen LogP contribution is 2.42. The summed E-state index contributed by atoms with van der Waals surface area (Å²) in [6, 6.07) is 5.59. The van der Waals surface area contributed by atoms with Gasteiger partial charge in [-0.1, -0.05) is 29.3 Å². The highest BCUT2D eigenvalue weighted by Gasteiger charge is 2.25. The summed E-state index contributed by atoms with van der Waals surface area (Å²) in [6.45, 7) is 0.946. The molecule has 0 saturated carbocycles. The van der Waals surface area contributed by atoms with Crippen LogP contribution in [0.25, 0.3) is 0 Å². The molecular formula is C15H15Cl2N3O2. The lowest BCUT2D eigenvalue weighted by Gasteiger charge is -2.28. The second kappa shape index (κ2) is 6.69. The van der Waals surface area contributed by atoms with Crippen molar-refractivity contribution < 1.29 is 9.47 Å². The minimum absolute atomic E-state index is 0.0591. The van der Waals surface area contributed by atoms with E-state index in [0.717, 1.165) is 17.8 Å². The van der Waals surface area contributed by atoms with Gasteiger partial charge in [0.05, 0.1) is 17.7 Å². The lowest BCUT2D eigenvalue weighted by atomic mass is 10.0. The molecule has 2 aromatic rings. The number of hydrogen-bond donors (Lipinski definition) is 1. The van der Waals surface area contributed by atoms with Gasteiger partial charge in [-0.2, -0.15) is 0 Å². The summed E-state index contributed by atoms with van der Waals surface area (Å²) in [6.07, 6.45) is 2.52. The van der Waals surface area contributed by atoms with Gasteiger partial charge in [0.25, 0.3) is 0 Å². The number of ether oxygens (including phenoxy) is 2. The van der Waals surface area contributed by atoms with Crippen LogP contribution in [0.15, 0.2) is 24.4 Å². The van der Waals surface area contributed by atoms with E-state index in [2.05, 4.69) is 15.3 Å². The molecule has 22 heavy (non-hydrogen) atoms. The Balaban J connectivity index is 1.86. The zero-order valence-electron chi connectivity index (χ0n) is 12.0. The van der Waals surface area contributed by atoms with E-state index >= 15 is 0 Å². The maximum atomic E-state index is 6.22. The number of anilines is 1. The molecule has 5 nitrogen and oxygen atoms in total. The minimum Gasteiger partial charge on any atom is -0.492 e. The topological polar surface area (TPSA) is 56.3 Å². The predicted molar refractivity (Wildman–Crippen MR) is 85.7 cm³/mol. The average molecular weight is 340 g/mol. The highest BCUT2D eigenvalue weighted by atomic mass is 35.5. The summed E-state index contributed by atoms with van der Waals surface area (Å²) in [4.78, 5) is 8.58. The molecule has 0 amide bonds. The predicted octanol–water partition coefficient (Wildman–Crippen LogP) is 3.87. The van der Waals surface area contributed by atoms with Crippen LogP contribution in [0.1, 0.15) is 23.9 Å². The van der Waals surface area contributed by atoms with Crippen LogP contribution in [0.3, 0.4) is 0 Å². The fraction of sp³-hybridized carbons (Fsp3) is 0.333. The van der Waals surface area contributed by atoms with Crippen molar-refractivity contribution in [2.45, 2.75) is 19.1 Å². The maximum Gasteiger partial charge on any atom is 0.156 e. The Morgan fingerprint density at radius 1 is 1.36 bits per heavy atom. The largest absolute Gasteiger partial charge is 0.492 e. The first-order valence-corrected chi connectivity index (χ1v) is 7.62. The summed E-state index contributed by atoms with van der Waals surface area (Å²) < 4.78 is 10.7. The molecule has 1 N–H and O–H groups in total. The molecule has 2 heterocycles. The zero-order chi connectivity index (χ0) is 15.5. The molecule has 0 saturated heterocycles. The average Bonchev–Trinajstić information content (AvgIpc) is 2.52. The molecule has 1 aliphatic heterocycles. The van der Waals surface area contributed by atoms with Crippen molar-refractivity contribution in [1.82, 2.24) is 9.97 Å². The van der Waals surface area contributed by atoms with Gasteiger partial charge in [0.1, 0.15) is 23.2 Å². The van der Waals surface area contributed by atoms with E-state index in [1.807, 2.05) is 12.1 Å². The Labute approximate surface area is 138 Å². The fourth-order valence-electron chi connectivity index (χ4n) is 2.41. The minimum atomic E-state index is 0.0591. The van der Waals surface area contributed by atoms with E-state index < -0.39 is 0 Å². The van der Waals surface area contributed by atoms with Crippen LogP contribution in [0.5, 0.6) is 5.75 Å². The molecule has 0 fully saturated rings. The molecule has 1 atom stereocenters. The summed E-state index contributed by atoms with van der Waals surface area (Å²) >= 11 is 12.3. The Morgan fingerprint density at radius 2 is 2.23 bits per heavy atom. The Hall–Kier alpha value is -1.56. The van der Waals surface area contributed by atoms with Crippen LogP contribution in [0, 0.1) is 0 Å². The molecule has 0 radical (unpaired) electrons. The Morgan fingerprint density at radius 3 is 3.05 bits per heavy atom. The number of benzene rings is 1. The molecule has 1 aromatic heterocycles. The first-order chi connectivity index (χ1) is 10.7. The molecule has 116 valence electrons. The molecule has 3 rings (SSSR count). The van der Waals surface area contributed by atoms with Gasteiger partial charge in [-0.15, -0.1) is 0 Å². The van der Waals surface area contributed by atoms with Crippen LogP contribution >= 0.6 is 23.2 Å². The lowest BCUT2D eigenvalue weighted by Crippen LogP contribution is -2.21. The van der Waals surface area contributed by atoms with Crippen molar-refractivity contribution >= 4 is 29.0 Å². The van der Waals surface area contributed by atoms with Crippen molar-refractivity contribution in [3.8, 4) is 5.75 Å². The summed E-state index contributed by atoms with van der Waals surface area (Å²) in [5.74, 6) is 2.02. The van der Waals surface area contributed by atoms with Crippen molar-refractivity contribution in [3.05, 3.63) is 45.8 Å². The quantitative estimate of drug-likeness (QED) is 0.916. The molecular weight excluding hydrogens is 325 g/mol. The van der Waals surface area contributed by atoms with E-state index in [9.17, 15) is 0 Å². The van der Waals surface area contributed by atoms with Crippen LogP contribution in [0.4, 0.5) is 5.82 Å². The van der Waals surface area contributed by atoms with Crippen molar-refractivity contribution in [2.75, 3.05) is 19.0 Å². The molecule has 7 heteroatoms. The third kappa shape index (κ3) is 3.11. The second-order valence-corrected chi connectivity index (χ2v) is 5.69. The van der Waals surface area contributed by atoms with Gasteiger partial charge >= 0.3 is 0 Å². The van der Waals surface area contributed by atoms with E-state index in [0.29, 0.717) is 34.8 Å². The first-order valence-electron chi connectivity index (χ1n) is 6.87. The normalized spacial score (nSPS) is 16.8. The van der Waals surface area contributed by atoms with Crippen molar-refractivity contribution in [2.24, 2.45) is 0 Å². The fourth-order valence-corrected chi connectivity index (χ4v) is 2.78. The number of fused-ring (bicyclic) bond motifs is 1. The number of hydrogen-bond acceptors (Lipinski definition) is 5. The van der Waals surface area contributed by atoms with Crippen LogP contribution in [0.2, 0.25) is 10.0 Å². The van der Waals surface area contributed by atoms with Gasteiger partial charge in [-0.05, 0) is 12.1 Å². The van der Waals surface area contributed by atoms with Crippen LogP contribution < -0.4 is 10.1 Å². The summed E-state index contributed by atoms with van der Waals surface area (Å²) in [5, 5.41) is 4.34. The smallest absolute Gasteiger partial charge is 0.156 e. The van der Waals surface area contributed by atoms with Gasteiger partial charge in [-0.3, -0.25) is 0 Å². The number of aromatic nitrogens is 2. The number of rotatable bonds is 4. The molecule has 0 bridgehead atoms. The Kier molecular flexibility index (Phi) is 4.66. The standard InChI is InChI=1S/C15H15Cl2N3O2/c1-21-8-13-18-6-4-12(20-13)19-11-5-7-22-15-9(11)2-3-10(16)14(15)17/h2-4,6,11H,5,7-8H2,1H3,(H,18,19,20). The molecule has 0 spiro atoms. The van der Waals surface area contributed by atoms with Gasteiger partial charge in [0.2, 0.25) is 0 Å². The van der Waals surface area contributed by atoms with Crippen molar-refractivity contribution in [3.63, 3.8) is 0 Å². The molecule has 0 aliphatic carbocycles. The molecule has 1 aliphatic rings. The van der Waals surface area contributed by atoms with E-state index in [1.165, 1.54) is 0 Å². The first kappa shape index (κ1) is 15.3. The van der Waals surface area contributed by atoms with Crippen LogP contribution in [-0.2, 0) is 11.3 Å². The summed E-state index contributed by atoms with van der Waals surface area (Å²) in [7, 11) is 1.62. The number of halogens is 2. The van der Waals surface area contributed by atoms with Gasteiger partial charge < -0.3 is 14.8 Å². The van der Waals surface area contributed by atoms with Crippen LogP contribution in [-0.4, -0.2) is 23.7 Å². The van der Waals surface area contributed by atoms with Gasteiger partial charge in [0, 0.05) is 25.3 Å². The van der Waals surface area contributed by atoms with Gasteiger partial charge in [0.15, 0.2) is 5.82 Å². The molecule has 1 unspecified atom stereocenters. The van der Waals surface area contributed by atoms with Gasteiger partial charge in [-0.25, -0.2) is 9.97 Å². The highest BCUT2D eigenvalue weighted by molar-refractivity contribution is 6.43. The number of nitrogens with one attached hydrogen (secondary N) is 1. The molecule has 1 aromatic carbocycles. The zero-order valence-corrected chi connectivity index (χ0v) is 13.5. The monoisotopic (exact) mass is 339 g/mol. The lowest BCUT2D eigenvalue weighted by molar-refractivity contribution is 0.178. The number of methoxy groups -OCH3 is 1. The van der Waals surface area contributed by atoms with E-state index in [1.54, 1.807) is 19.4 Å². The SMILES string of the molecule is COCc1nccc(NC2CCOc3c2ccc(Cl)c3Cl)n1. The Bertz CT molecular complexity index is 682.